The lowest BCUT2D eigenvalue weighted by Crippen LogP contribution is -2.00. The van der Waals surface area contributed by atoms with E-state index < -0.39 is 0 Å². The average molecular weight is 168 g/mol. The van der Waals surface area contributed by atoms with Gasteiger partial charge in [-0.3, -0.25) is 4.79 Å². The highest BCUT2D eigenvalue weighted by Crippen LogP contribution is 2.00. The fraction of sp³-hybridized carbons (Fsp3) is 0.500. The molecule has 0 aromatic carbocycles. The fourth-order valence-electron chi connectivity index (χ4n) is 0.944. The van der Waals surface area contributed by atoms with Crippen LogP contribution >= 0.6 is 0 Å². The molecule has 0 bridgehead atoms. The van der Waals surface area contributed by atoms with Gasteiger partial charge in [0.2, 0.25) is 0 Å². The van der Waals surface area contributed by atoms with Gasteiger partial charge >= 0.3 is 5.97 Å². The van der Waals surface area contributed by atoms with Gasteiger partial charge in [0.05, 0.1) is 19.1 Å². The van der Waals surface area contributed by atoms with E-state index in [1.165, 1.54) is 7.11 Å². The van der Waals surface area contributed by atoms with Crippen molar-refractivity contribution < 1.29 is 9.53 Å². The van der Waals surface area contributed by atoms with Crippen molar-refractivity contribution in [3.63, 3.8) is 0 Å². The van der Waals surface area contributed by atoms with Gasteiger partial charge in [-0.2, -0.15) is 0 Å². The second-order valence-corrected chi connectivity index (χ2v) is 2.49. The summed E-state index contributed by atoms with van der Waals surface area (Å²) in [6.07, 6.45) is 5.53. The van der Waals surface area contributed by atoms with E-state index in [1.54, 1.807) is 6.33 Å². The molecule has 0 radical (unpaired) electrons. The summed E-state index contributed by atoms with van der Waals surface area (Å²) in [5, 5.41) is 0. The topological polar surface area (TPSA) is 55.0 Å². The molecule has 0 saturated carbocycles. The van der Waals surface area contributed by atoms with E-state index in [0.717, 1.165) is 18.5 Å². The molecule has 66 valence electrons. The summed E-state index contributed by atoms with van der Waals surface area (Å²) in [5.74, 6) is -0.162. The van der Waals surface area contributed by atoms with E-state index in [4.69, 9.17) is 0 Å². The number of hydrogen-bond donors (Lipinski definition) is 1. The molecular formula is C8H12N2O2. The minimum Gasteiger partial charge on any atom is -0.469 e. The highest BCUT2D eigenvalue weighted by atomic mass is 16.5. The molecule has 0 saturated heterocycles. The predicted molar refractivity (Wildman–Crippen MR) is 43.5 cm³/mol. The third-order valence-corrected chi connectivity index (χ3v) is 1.60. The smallest absolute Gasteiger partial charge is 0.305 e. The minimum atomic E-state index is -0.162. The number of ether oxygens (including phenoxy) is 1. The summed E-state index contributed by atoms with van der Waals surface area (Å²) >= 11 is 0. The number of nitrogens with zero attached hydrogens (tertiary/aromatic N) is 1. The number of aromatic amines is 1. The monoisotopic (exact) mass is 168 g/mol. The summed E-state index contributed by atoms with van der Waals surface area (Å²) in [4.78, 5) is 17.6. The Labute approximate surface area is 71.0 Å². The summed E-state index contributed by atoms with van der Waals surface area (Å²) in [7, 11) is 1.40. The van der Waals surface area contributed by atoms with Gasteiger partial charge in [-0.15, -0.1) is 0 Å². The van der Waals surface area contributed by atoms with Crippen LogP contribution in [0.2, 0.25) is 0 Å². The zero-order valence-electron chi connectivity index (χ0n) is 7.04. The van der Waals surface area contributed by atoms with E-state index in [9.17, 15) is 4.79 Å². The Morgan fingerprint density at radius 1 is 1.75 bits per heavy atom. The second-order valence-electron chi connectivity index (χ2n) is 2.49. The van der Waals surface area contributed by atoms with Crippen molar-refractivity contribution >= 4 is 5.97 Å². The maximum Gasteiger partial charge on any atom is 0.305 e. The summed E-state index contributed by atoms with van der Waals surface area (Å²) < 4.78 is 4.50. The Bertz CT molecular complexity index is 231. The lowest BCUT2D eigenvalue weighted by atomic mass is 10.2. The van der Waals surface area contributed by atoms with E-state index in [0.29, 0.717) is 6.42 Å². The summed E-state index contributed by atoms with van der Waals surface area (Å²) in [6, 6.07) is 0. The van der Waals surface area contributed by atoms with Gasteiger partial charge in [-0.1, -0.05) is 0 Å². The first-order chi connectivity index (χ1) is 5.83. The Balaban J connectivity index is 2.15. The van der Waals surface area contributed by atoms with Crippen molar-refractivity contribution in [1.29, 1.82) is 0 Å². The predicted octanol–water partition coefficient (Wildman–Crippen LogP) is 0.905. The number of nitrogens with one attached hydrogen (secondary N) is 1. The largest absolute Gasteiger partial charge is 0.469 e. The number of rotatable bonds is 4. The molecule has 12 heavy (non-hydrogen) atoms. The molecule has 1 N–H and O–H groups in total. The number of H-pyrrole nitrogens is 1. The van der Waals surface area contributed by atoms with Gasteiger partial charge in [-0.25, -0.2) is 4.98 Å². The maximum atomic E-state index is 10.7. The van der Waals surface area contributed by atoms with Crippen LogP contribution in [0.1, 0.15) is 18.5 Å². The van der Waals surface area contributed by atoms with Gasteiger partial charge in [0.15, 0.2) is 0 Å². The Morgan fingerprint density at radius 3 is 3.17 bits per heavy atom. The highest BCUT2D eigenvalue weighted by molar-refractivity contribution is 5.69. The number of imidazole rings is 1. The first-order valence-corrected chi connectivity index (χ1v) is 3.87. The fourth-order valence-corrected chi connectivity index (χ4v) is 0.944. The maximum absolute atomic E-state index is 10.7. The Morgan fingerprint density at radius 2 is 2.58 bits per heavy atom. The van der Waals surface area contributed by atoms with Crippen molar-refractivity contribution in [2.24, 2.45) is 0 Å². The molecular weight excluding hydrogens is 156 g/mol. The Hall–Kier alpha value is -1.32. The number of aromatic nitrogens is 2. The number of carbonyl (C=O) groups is 1. The van der Waals surface area contributed by atoms with Crippen LogP contribution in [0.5, 0.6) is 0 Å². The van der Waals surface area contributed by atoms with E-state index in [-0.39, 0.29) is 5.97 Å². The Kier molecular flexibility index (Phi) is 3.32. The number of methoxy groups -OCH3 is 1. The molecule has 0 amide bonds. The molecule has 1 rings (SSSR count). The van der Waals surface area contributed by atoms with E-state index >= 15 is 0 Å². The lowest BCUT2D eigenvalue weighted by Gasteiger charge is -1.96. The quantitative estimate of drug-likeness (QED) is 0.680. The summed E-state index contributed by atoms with van der Waals surface area (Å²) in [6.45, 7) is 0. The molecule has 0 aliphatic heterocycles. The van der Waals surface area contributed by atoms with Crippen LogP contribution in [0.4, 0.5) is 0 Å². The van der Waals surface area contributed by atoms with Crippen LogP contribution in [0, 0.1) is 0 Å². The summed E-state index contributed by atoms with van der Waals surface area (Å²) in [5.41, 5.74) is 0.985. The molecule has 0 aliphatic rings. The van der Waals surface area contributed by atoms with E-state index in [1.807, 2.05) is 6.20 Å². The SMILES string of the molecule is COC(=O)CCCc1c[nH]cn1. The lowest BCUT2D eigenvalue weighted by molar-refractivity contribution is -0.140. The van der Waals surface area contributed by atoms with Gasteiger partial charge in [-0.05, 0) is 12.8 Å². The molecule has 0 spiro atoms. The molecule has 0 atom stereocenters. The van der Waals surface area contributed by atoms with Crippen LogP contribution in [0.15, 0.2) is 12.5 Å². The highest BCUT2D eigenvalue weighted by Gasteiger charge is 2.00. The van der Waals surface area contributed by atoms with Gasteiger partial charge < -0.3 is 9.72 Å². The molecule has 4 heteroatoms. The molecule has 1 heterocycles. The third-order valence-electron chi connectivity index (χ3n) is 1.60. The number of hydrogen-bond acceptors (Lipinski definition) is 3. The van der Waals surface area contributed by atoms with Crippen LogP contribution in [-0.2, 0) is 16.0 Å². The van der Waals surface area contributed by atoms with Crippen LogP contribution in [0.25, 0.3) is 0 Å². The first-order valence-electron chi connectivity index (χ1n) is 3.87. The average Bonchev–Trinajstić information content (AvgIpc) is 2.57. The minimum absolute atomic E-state index is 0.162. The van der Waals surface area contributed by atoms with Crippen molar-refractivity contribution in [2.45, 2.75) is 19.3 Å². The zero-order valence-corrected chi connectivity index (χ0v) is 7.04. The normalized spacial score (nSPS) is 9.75. The molecule has 0 unspecified atom stereocenters. The van der Waals surface area contributed by atoms with Crippen molar-refractivity contribution in [1.82, 2.24) is 9.97 Å². The molecule has 1 aromatic rings. The zero-order chi connectivity index (χ0) is 8.81. The number of aryl methyl sites for hydroxylation is 1. The van der Waals surface area contributed by atoms with Crippen molar-refractivity contribution in [3.05, 3.63) is 18.2 Å². The number of esters is 1. The van der Waals surface area contributed by atoms with Gasteiger partial charge in [0.1, 0.15) is 0 Å². The molecule has 4 nitrogen and oxygen atoms in total. The third kappa shape index (κ3) is 2.74. The number of carbonyl (C=O) groups excluding carboxylic acids is 1. The second kappa shape index (κ2) is 4.54. The molecule has 1 aromatic heterocycles. The van der Waals surface area contributed by atoms with Crippen LogP contribution < -0.4 is 0 Å². The van der Waals surface area contributed by atoms with Crippen molar-refractivity contribution in [3.8, 4) is 0 Å². The van der Waals surface area contributed by atoms with Crippen LogP contribution in [-0.4, -0.2) is 23.0 Å². The molecule has 0 fully saturated rings. The van der Waals surface area contributed by atoms with Crippen molar-refractivity contribution in [2.75, 3.05) is 7.11 Å². The van der Waals surface area contributed by atoms with E-state index in [2.05, 4.69) is 14.7 Å². The molecule has 0 aliphatic carbocycles. The van der Waals surface area contributed by atoms with Crippen LogP contribution in [0.3, 0.4) is 0 Å². The van der Waals surface area contributed by atoms with Gasteiger partial charge in [0, 0.05) is 12.6 Å². The standard InChI is InChI=1S/C8H12N2O2/c1-12-8(11)4-2-3-7-5-9-6-10-7/h5-6H,2-4H2,1H3,(H,9,10). The first kappa shape index (κ1) is 8.77. The van der Waals surface area contributed by atoms with Gasteiger partial charge in [0.25, 0.3) is 0 Å².